The molecule has 0 radical (unpaired) electrons. The van der Waals surface area contributed by atoms with Crippen LogP contribution in [0.25, 0.3) is 0 Å². The van der Waals surface area contributed by atoms with E-state index in [1.165, 1.54) is 17.5 Å². The van der Waals surface area contributed by atoms with Crippen LogP contribution in [0.4, 0.5) is 0 Å². The summed E-state index contributed by atoms with van der Waals surface area (Å²) < 4.78 is 0. The summed E-state index contributed by atoms with van der Waals surface area (Å²) in [5.74, 6) is 1.85. The molecule has 0 aliphatic carbocycles. The van der Waals surface area contributed by atoms with E-state index in [0.717, 1.165) is 18.6 Å². The van der Waals surface area contributed by atoms with Crippen molar-refractivity contribution in [3.05, 3.63) is 35.4 Å². The summed E-state index contributed by atoms with van der Waals surface area (Å²) in [6.07, 6.45) is 3.41. The maximum atomic E-state index is 12.4. The summed E-state index contributed by atoms with van der Waals surface area (Å²) in [6, 6.07) is 9.46. The van der Waals surface area contributed by atoms with Gasteiger partial charge < -0.3 is 4.90 Å². The van der Waals surface area contributed by atoms with Gasteiger partial charge >= 0.3 is 0 Å². The third-order valence-electron chi connectivity index (χ3n) is 4.16. The molecule has 1 amide bonds. The van der Waals surface area contributed by atoms with E-state index >= 15 is 0 Å². The van der Waals surface area contributed by atoms with Crippen LogP contribution in [0, 0.1) is 6.92 Å². The topological polar surface area (TPSA) is 20.3 Å². The molecule has 110 valence electrons. The zero-order valence-electron chi connectivity index (χ0n) is 12.8. The van der Waals surface area contributed by atoms with E-state index in [2.05, 4.69) is 49.9 Å². The van der Waals surface area contributed by atoms with Crippen LogP contribution in [0.2, 0.25) is 0 Å². The highest BCUT2D eigenvalue weighted by atomic mass is 32.2. The SMILES string of the molecule is CCC1CCC(C)N1C(=O)CSCc1ccc(C)cc1. The third-order valence-corrected chi connectivity index (χ3v) is 5.15. The van der Waals surface area contributed by atoms with Crippen LogP contribution in [0.3, 0.4) is 0 Å². The Balaban J connectivity index is 1.81. The van der Waals surface area contributed by atoms with E-state index in [9.17, 15) is 4.79 Å². The Morgan fingerprint density at radius 3 is 2.65 bits per heavy atom. The first kappa shape index (κ1) is 15.4. The summed E-state index contributed by atoms with van der Waals surface area (Å²) in [5.41, 5.74) is 2.58. The Hall–Kier alpha value is -0.960. The molecule has 20 heavy (non-hydrogen) atoms. The molecule has 2 nitrogen and oxygen atoms in total. The molecule has 2 atom stereocenters. The van der Waals surface area contributed by atoms with Crippen molar-refractivity contribution < 1.29 is 4.79 Å². The van der Waals surface area contributed by atoms with Crippen molar-refractivity contribution in [1.29, 1.82) is 0 Å². The number of thioether (sulfide) groups is 1. The molecule has 1 heterocycles. The van der Waals surface area contributed by atoms with Gasteiger partial charge in [0.1, 0.15) is 0 Å². The summed E-state index contributed by atoms with van der Waals surface area (Å²) in [4.78, 5) is 14.5. The molecule has 0 N–H and O–H groups in total. The second-order valence-corrected chi connectivity index (χ2v) is 6.75. The lowest BCUT2D eigenvalue weighted by molar-refractivity contribution is -0.130. The minimum absolute atomic E-state index is 0.318. The molecule has 0 bridgehead atoms. The second kappa shape index (κ2) is 7.16. The second-order valence-electron chi connectivity index (χ2n) is 5.77. The van der Waals surface area contributed by atoms with Crippen molar-refractivity contribution >= 4 is 17.7 Å². The molecule has 2 unspecified atom stereocenters. The number of benzene rings is 1. The average Bonchev–Trinajstić information content (AvgIpc) is 2.82. The van der Waals surface area contributed by atoms with Gasteiger partial charge in [-0.25, -0.2) is 0 Å². The van der Waals surface area contributed by atoms with Gasteiger partial charge in [-0.1, -0.05) is 36.8 Å². The normalized spacial score (nSPS) is 22.2. The number of nitrogens with zero attached hydrogens (tertiary/aromatic N) is 1. The maximum Gasteiger partial charge on any atom is 0.233 e. The molecule has 0 saturated carbocycles. The Kier molecular flexibility index (Phi) is 5.53. The van der Waals surface area contributed by atoms with Crippen molar-refractivity contribution in [2.45, 2.75) is 57.9 Å². The fourth-order valence-electron chi connectivity index (χ4n) is 2.94. The zero-order valence-corrected chi connectivity index (χ0v) is 13.6. The van der Waals surface area contributed by atoms with Gasteiger partial charge in [-0.15, -0.1) is 11.8 Å². The van der Waals surface area contributed by atoms with Crippen molar-refractivity contribution in [2.24, 2.45) is 0 Å². The van der Waals surface area contributed by atoms with E-state index in [4.69, 9.17) is 0 Å². The van der Waals surface area contributed by atoms with Gasteiger partial charge in [-0.2, -0.15) is 0 Å². The lowest BCUT2D eigenvalue weighted by Gasteiger charge is -2.28. The fourth-order valence-corrected chi connectivity index (χ4v) is 3.79. The maximum absolute atomic E-state index is 12.4. The molecule has 1 aromatic carbocycles. The molecule has 0 spiro atoms. The largest absolute Gasteiger partial charge is 0.336 e. The van der Waals surface area contributed by atoms with Crippen molar-refractivity contribution in [1.82, 2.24) is 4.90 Å². The number of carbonyl (C=O) groups excluding carboxylic acids is 1. The van der Waals surface area contributed by atoms with Gasteiger partial charge in [0.15, 0.2) is 0 Å². The zero-order chi connectivity index (χ0) is 14.5. The van der Waals surface area contributed by atoms with Crippen LogP contribution >= 0.6 is 11.8 Å². The summed E-state index contributed by atoms with van der Waals surface area (Å²) in [6.45, 7) is 6.46. The predicted molar refractivity (Wildman–Crippen MR) is 87.0 cm³/mol. The molecular weight excluding hydrogens is 266 g/mol. The molecule has 1 aromatic rings. The van der Waals surface area contributed by atoms with Crippen molar-refractivity contribution in [3.63, 3.8) is 0 Å². The van der Waals surface area contributed by atoms with Gasteiger partial charge in [0, 0.05) is 17.8 Å². The highest BCUT2D eigenvalue weighted by molar-refractivity contribution is 7.99. The Morgan fingerprint density at radius 1 is 1.30 bits per heavy atom. The summed E-state index contributed by atoms with van der Waals surface area (Å²) >= 11 is 1.73. The monoisotopic (exact) mass is 291 g/mol. The highest BCUT2D eigenvalue weighted by Gasteiger charge is 2.32. The highest BCUT2D eigenvalue weighted by Crippen LogP contribution is 2.27. The molecule has 1 aliphatic rings. The minimum atomic E-state index is 0.318. The fraction of sp³-hybridized carbons (Fsp3) is 0.588. The Bertz CT molecular complexity index is 443. The van der Waals surface area contributed by atoms with Crippen LogP contribution in [-0.4, -0.2) is 28.6 Å². The number of amides is 1. The van der Waals surface area contributed by atoms with E-state index < -0.39 is 0 Å². The van der Waals surface area contributed by atoms with Crippen molar-refractivity contribution in [2.75, 3.05) is 5.75 Å². The summed E-state index contributed by atoms with van der Waals surface area (Å²) in [7, 11) is 0. The first-order chi connectivity index (χ1) is 9.61. The molecule has 1 aliphatic heterocycles. The van der Waals surface area contributed by atoms with Crippen LogP contribution in [0.5, 0.6) is 0 Å². The lowest BCUT2D eigenvalue weighted by atomic mass is 10.1. The van der Waals surface area contributed by atoms with Crippen LogP contribution in [0.1, 0.15) is 44.2 Å². The third kappa shape index (κ3) is 3.78. The van der Waals surface area contributed by atoms with Crippen LogP contribution in [-0.2, 0) is 10.5 Å². The smallest absolute Gasteiger partial charge is 0.233 e. The van der Waals surface area contributed by atoms with E-state index in [1.54, 1.807) is 11.8 Å². The number of likely N-dealkylation sites (tertiary alicyclic amines) is 1. The first-order valence-corrected chi connectivity index (χ1v) is 8.71. The molecule has 0 aromatic heterocycles. The van der Waals surface area contributed by atoms with Gasteiger partial charge in [0.25, 0.3) is 0 Å². The number of aryl methyl sites for hydroxylation is 1. The molecule has 3 heteroatoms. The average molecular weight is 291 g/mol. The van der Waals surface area contributed by atoms with E-state index in [0.29, 0.717) is 23.7 Å². The van der Waals surface area contributed by atoms with Crippen LogP contribution < -0.4 is 0 Å². The van der Waals surface area contributed by atoms with E-state index in [1.807, 2.05) is 0 Å². The van der Waals surface area contributed by atoms with Gasteiger partial charge in [0.2, 0.25) is 5.91 Å². The summed E-state index contributed by atoms with van der Waals surface area (Å²) in [5, 5.41) is 0. The number of rotatable bonds is 5. The number of carbonyl (C=O) groups is 1. The molecule has 2 rings (SSSR count). The predicted octanol–water partition coefficient (Wildman–Crippen LogP) is 4.02. The van der Waals surface area contributed by atoms with Gasteiger partial charge in [-0.05, 0) is 38.7 Å². The Labute approximate surface area is 126 Å². The standard InChI is InChI=1S/C17H25NOS/c1-4-16-10-7-14(3)18(16)17(19)12-20-11-15-8-5-13(2)6-9-15/h5-6,8-9,14,16H,4,7,10-12H2,1-3H3. The first-order valence-electron chi connectivity index (χ1n) is 7.56. The van der Waals surface area contributed by atoms with Crippen LogP contribution in [0.15, 0.2) is 24.3 Å². The van der Waals surface area contributed by atoms with Gasteiger partial charge in [0.05, 0.1) is 5.75 Å². The van der Waals surface area contributed by atoms with E-state index in [-0.39, 0.29) is 0 Å². The Morgan fingerprint density at radius 2 is 2.00 bits per heavy atom. The molecular formula is C17H25NOS. The molecule has 1 saturated heterocycles. The minimum Gasteiger partial charge on any atom is -0.336 e. The number of hydrogen-bond donors (Lipinski definition) is 0. The number of hydrogen-bond acceptors (Lipinski definition) is 2. The quantitative estimate of drug-likeness (QED) is 0.816. The lowest BCUT2D eigenvalue weighted by Crippen LogP contribution is -2.40. The van der Waals surface area contributed by atoms with Crippen molar-refractivity contribution in [3.8, 4) is 0 Å². The van der Waals surface area contributed by atoms with Gasteiger partial charge in [-0.3, -0.25) is 4.79 Å². The molecule has 1 fully saturated rings.